The van der Waals surface area contributed by atoms with E-state index in [9.17, 15) is 14.4 Å². The normalized spacial score (nSPS) is 13.8. The van der Waals surface area contributed by atoms with Gasteiger partial charge in [0.25, 0.3) is 5.91 Å². The number of allylic oxidation sites excluding steroid dienone is 2. The number of aryl methyl sites for hydroxylation is 1. The number of ether oxygens (including phenoxy) is 2. The van der Waals surface area contributed by atoms with E-state index in [-0.39, 0.29) is 23.3 Å². The van der Waals surface area contributed by atoms with Crippen molar-refractivity contribution in [1.82, 2.24) is 4.90 Å². The van der Waals surface area contributed by atoms with Crippen LogP contribution in [0.2, 0.25) is 0 Å². The Kier molecular flexibility index (Phi) is 7.80. The molecule has 1 amide bonds. The number of nitrogens with zero attached hydrogens (tertiary/aromatic N) is 1. The molecule has 1 heterocycles. The van der Waals surface area contributed by atoms with Crippen molar-refractivity contribution in [2.24, 2.45) is 17.6 Å². The lowest BCUT2D eigenvalue weighted by Gasteiger charge is -2.24. The standard InChI is InChI=1S/C23H30N2O5/c1-14(2)22(27)29-18-11-9-16(13-19(18)30-23(28)15(3)4)8-10-17-7-6-12-25(5)20(17)21(24)26/h6,9,11-15H,7-8,10H2,1-5H3,(H2,24,26). The van der Waals surface area contributed by atoms with Gasteiger partial charge in [0.1, 0.15) is 5.70 Å². The van der Waals surface area contributed by atoms with Gasteiger partial charge in [-0.25, -0.2) is 0 Å². The molecule has 1 aliphatic heterocycles. The summed E-state index contributed by atoms with van der Waals surface area (Å²) in [5.41, 5.74) is 7.88. The molecule has 7 heteroatoms. The number of carbonyl (C=O) groups excluding carboxylic acids is 3. The van der Waals surface area contributed by atoms with Crippen LogP contribution in [0.5, 0.6) is 11.5 Å². The number of hydrogen-bond donors (Lipinski definition) is 1. The van der Waals surface area contributed by atoms with Crippen molar-refractivity contribution in [1.29, 1.82) is 0 Å². The van der Waals surface area contributed by atoms with E-state index in [1.54, 1.807) is 51.8 Å². The largest absolute Gasteiger partial charge is 0.422 e. The minimum Gasteiger partial charge on any atom is -0.422 e. The van der Waals surface area contributed by atoms with E-state index in [0.29, 0.717) is 25.0 Å². The smallest absolute Gasteiger partial charge is 0.313 e. The quantitative estimate of drug-likeness (QED) is 0.517. The number of esters is 2. The van der Waals surface area contributed by atoms with Crippen molar-refractivity contribution >= 4 is 17.8 Å². The number of primary amides is 1. The molecule has 0 fully saturated rings. The topological polar surface area (TPSA) is 98.9 Å². The number of carbonyl (C=O) groups is 3. The monoisotopic (exact) mass is 414 g/mol. The molecule has 0 aromatic heterocycles. The minimum absolute atomic E-state index is 0.212. The van der Waals surface area contributed by atoms with Crippen LogP contribution in [-0.2, 0) is 20.8 Å². The molecule has 0 unspecified atom stereocenters. The van der Waals surface area contributed by atoms with Crippen LogP contribution in [0.25, 0.3) is 0 Å². The fourth-order valence-electron chi connectivity index (χ4n) is 2.96. The Bertz CT molecular complexity index is 884. The number of amides is 1. The summed E-state index contributed by atoms with van der Waals surface area (Å²) >= 11 is 0. The fraction of sp³-hybridized carbons (Fsp3) is 0.435. The summed E-state index contributed by atoms with van der Waals surface area (Å²) in [5.74, 6) is -1.48. The van der Waals surface area contributed by atoms with E-state index >= 15 is 0 Å². The SMILES string of the molecule is CC(C)C(=O)Oc1ccc(CCC2=C(C(N)=O)N(C)C=CC2)cc1OC(=O)C(C)C. The third kappa shape index (κ3) is 5.95. The average Bonchev–Trinajstić information content (AvgIpc) is 2.67. The highest BCUT2D eigenvalue weighted by Gasteiger charge is 2.20. The van der Waals surface area contributed by atoms with Crippen LogP contribution in [0.4, 0.5) is 0 Å². The highest BCUT2D eigenvalue weighted by Crippen LogP contribution is 2.31. The molecule has 0 spiro atoms. The Morgan fingerprint density at radius 1 is 1.00 bits per heavy atom. The zero-order valence-electron chi connectivity index (χ0n) is 18.2. The maximum absolute atomic E-state index is 12.1. The van der Waals surface area contributed by atoms with Crippen molar-refractivity contribution in [3.05, 3.63) is 47.3 Å². The second-order valence-electron chi connectivity index (χ2n) is 7.95. The third-order valence-corrected chi connectivity index (χ3v) is 4.70. The second kappa shape index (κ2) is 10.1. The lowest BCUT2D eigenvalue weighted by molar-refractivity contribution is -0.140. The van der Waals surface area contributed by atoms with Crippen LogP contribution in [0, 0.1) is 11.8 Å². The molecule has 30 heavy (non-hydrogen) atoms. The first-order valence-electron chi connectivity index (χ1n) is 10.1. The van der Waals surface area contributed by atoms with Gasteiger partial charge < -0.3 is 20.1 Å². The first kappa shape index (κ1) is 23.2. The Labute approximate surface area is 177 Å². The maximum atomic E-state index is 12.1. The molecule has 0 bridgehead atoms. The number of nitrogens with two attached hydrogens (primary N) is 1. The van der Waals surface area contributed by atoms with Gasteiger partial charge in [0.2, 0.25) is 0 Å². The van der Waals surface area contributed by atoms with Crippen molar-refractivity contribution in [2.75, 3.05) is 7.05 Å². The second-order valence-corrected chi connectivity index (χ2v) is 7.95. The van der Waals surface area contributed by atoms with Crippen LogP contribution in [0.15, 0.2) is 41.7 Å². The zero-order valence-corrected chi connectivity index (χ0v) is 18.2. The molecule has 2 N–H and O–H groups in total. The van der Waals surface area contributed by atoms with Crippen LogP contribution in [0.1, 0.15) is 46.1 Å². The lowest BCUT2D eigenvalue weighted by atomic mass is 9.97. The average molecular weight is 415 g/mol. The first-order valence-corrected chi connectivity index (χ1v) is 10.1. The highest BCUT2D eigenvalue weighted by molar-refractivity contribution is 5.92. The molecule has 2 rings (SSSR count). The van der Waals surface area contributed by atoms with Crippen molar-refractivity contribution in [2.45, 2.75) is 47.0 Å². The molecule has 162 valence electrons. The molecule has 1 aromatic carbocycles. The van der Waals surface area contributed by atoms with Gasteiger partial charge in [0.15, 0.2) is 11.5 Å². The maximum Gasteiger partial charge on any atom is 0.313 e. The predicted molar refractivity (Wildman–Crippen MR) is 113 cm³/mol. The molecule has 0 saturated heterocycles. The molecule has 0 atom stereocenters. The Morgan fingerprint density at radius 2 is 1.60 bits per heavy atom. The van der Waals surface area contributed by atoms with Crippen LogP contribution in [-0.4, -0.2) is 29.8 Å². The molecule has 7 nitrogen and oxygen atoms in total. The Balaban J connectivity index is 2.26. The summed E-state index contributed by atoms with van der Waals surface area (Å²) in [4.78, 5) is 37.7. The molecule has 0 saturated carbocycles. The summed E-state index contributed by atoms with van der Waals surface area (Å²) in [6.45, 7) is 6.93. The Hall–Kier alpha value is -3.09. The van der Waals surface area contributed by atoms with E-state index in [1.807, 2.05) is 18.3 Å². The molecular formula is C23H30N2O5. The highest BCUT2D eigenvalue weighted by atomic mass is 16.6. The van der Waals surface area contributed by atoms with E-state index in [1.165, 1.54) is 0 Å². The Morgan fingerprint density at radius 3 is 2.17 bits per heavy atom. The van der Waals surface area contributed by atoms with Gasteiger partial charge in [-0.15, -0.1) is 0 Å². The van der Waals surface area contributed by atoms with Crippen LogP contribution >= 0.6 is 0 Å². The third-order valence-electron chi connectivity index (χ3n) is 4.70. The zero-order chi connectivity index (χ0) is 22.4. The first-order chi connectivity index (χ1) is 14.1. The number of hydrogen-bond acceptors (Lipinski definition) is 6. The predicted octanol–water partition coefficient (Wildman–Crippen LogP) is 3.33. The van der Waals surface area contributed by atoms with E-state index in [2.05, 4.69) is 0 Å². The van der Waals surface area contributed by atoms with Gasteiger partial charge >= 0.3 is 11.9 Å². The number of rotatable bonds is 8. The van der Waals surface area contributed by atoms with Gasteiger partial charge in [-0.05, 0) is 42.5 Å². The number of likely N-dealkylation sites (N-methyl/N-ethyl adjacent to an activating group) is 1. The summed E-state index contributed by atoms with van der Waals surface area (Å²) < 4.78 is 10.9. The van der Waals surface area contributed by atoms with Gasteiger partial charge in [-0.1, -0.05) is 39.8 Å². The summed E-state index contributed by atoms with van der Waals surface area (Å²) in [6.07, 6.45) is 5.69. The van der Waals surface area contributed by atoms with Gasteiger partial charge in [-0.2, -0.15) is 0 Å². The lowest BCUT2D eigenvalue weighted by Crippen LogP contribution is -2.28. The summed E-state index contributed by atoms with van der Waals surface area (Å²) in [5, 5.41) is 0. The van der Waals surface area contributed by atoms with Crippen molar-refractivity contribution in [3.63, 3.8) is 0 Å². The molecule has 1 aromatic rings. The molecular weight excluding hydrogens is 384 g/mol. The summed E-state index contributed by atoms with van der Waals surface area (Å²) in [6, 6.07) is 5.16. The van der Waals surface area contributed by atoms with Crippen LogP contribution in [0.3, 0.4) is 0 Å². The van der Waals surface area contributed by atoms with Crippen molar-refractivity contribution in [3.8, 4) is 11.5 Å². The summed E-state index contributed by atoms with van der Waals surface area (Å²) in [7, 11) is 1.79. The van der Waals surface area contributed by atoms with Crippen molar-refractivity contribution < 1.29 is 23.9 Å². The van der Waals surface area contributed by atoms with Crippen LogP contribution < -0.4 is 15.2 Å². The van der Waals surface area contributed by atoms with E-state index in [0.717, 1.165) is 11.1 Å². The fourth-order valence-corrected chi connectivity index (χ4v) is 2.96. The molecule has 1 aliphatic rings. The van der Waals surface area contributed by atoms with E-state index < -0.39 is 17.8 Å². The van der Waals surface area contributed by atoms with Gasteiger partial charge in [0.05, 0.1) is 11.8 Å². The van der Waals surface area contributed by atoms with Gasteiger partial charge in [-0.3, -0.25) is 14.4 Å². The molecule has 0 aliphatic carbocycles. The number of benzene rings is 1. The van der Waals surface area contributed by atoms with Gasteiger partial charge in [0, 0.05) is 13.2 Å². The van der Waals surface area contributed by atoms with E-state index in [4.69, 9.17) is 15.2 Å². The minimum atomic E-state index is -0.459. The molecule has 0 radical (unpaired) electrons.